The second kappa shape index (κ2) is 6.32. The van der Waals surface area contributed by atoms with Crippen LogP contribution in [0.15, 0.2) is 47.6 Å². The minimum absolute atomic E-state index is 0.154. The fourth-order valence-corrected chi connectivity index (χ4v) is 3.93. The summed E-state index contributed by atoms with van der Waals surface area (Å²) in [4.78, 5) is 10.5. The van der Waals surface area contributed by atoms with Crippen LogP contribution in [-0.2, 0) is 10.0 Å². The van der Waals surface area contributed by atoms with E-state index in [1.54, 1.807) is 30.6 Å². The van der Waals surface area contributed by atoms with Crippen molar-refractivity contribution >= 4 is 16.0 Å². The molecule has 0 bridgehead atoms. The van der Waals surface area contributed by atoms with E-state index in [1.807, 2.05) is 11.0 Å². The molecule has 1 aliphatic heterocycles. The fourth-order valence-electron chi connectivity index (χ4n) is 2.46. The van der Waals surface area contributed by atoms with Crippen molar-refractivity contribution in [3.05, 3.63) is 48.3 Å². The van der Waals surface area contributed by atoms with Gasteiger partial charge in [-0.2, -0.15) is 9.57 Å². The maximum Gasteiger partial charge on any atom is 0.243 e. The van der Waals surface area contributed by atoms with Crippen LogP contribution < -0.4 is 4.90 Å². The van der Waals surface area contributed by atoms with Crippen molar-refractivity contribution in [3.8, 4) is 6.07 Å². The molecule has 0 saturated carbocycles. The van der Waals surface area contributed by atoms with Gasteiger partial charge in [0.1, 0.15) is 0 Å². The molecule has 0 radical (unpaired) electrons. The Bertz CT molecular complexity index is 824. The number of nitrogens with zero attached hydrogens (tertiary/aromatic N) is 5. The van der Waals surface area contributed by atoms with Gasteiger partial charge in [0, 0.05) is 38.6 Å². The highest BCUT2D eigenvalue weighted by Gasteiger charge is 2.29. The van der Waals surface area contributed by atoms with Crippen LogP contribution in [0.5, 0.6) is 0 Å². The summed E-state index contributed by atoms with van der Waals surface area (Å²) < 4.78 is 26.8. The molecule has 1 fully saturated rings. The van der Waals surface area contributed by atoms with Gasteiger partial charge in [-0.1, -0.05) is 6.07 Å². The van der Waals surface area contributed by atoms with Gasteiger partial charge in [0.05, 0.1) is 16.5 Å². The molecule has 0 amide bonds. The summed E-state index contributed by atoms with van der Waals surface area (Å²) in [7, 11) is -3.59. The van der Waals surface area contributed by atoms with Crippen molar-refractivity contribution < 1.29 is 8.42 Å². The van der Waals surface area contributed by atoms with Gasteiger partial charge in [-0.15, -0.1) is 0 Å². The Hall–Kier alpha value is -2.50. The highest BCUT2D eigenvalue weighted by atomic mass is 32.2. The van der Waals surface area contributed by atoms with E-state index < -0.39 is 10.0 Å². The van der Waals surface area contributed by atoms with Gasteiger partial charge in [-0.05, 0) is 24.3 Å². The highest BCUT2D eigenvalue weighted by molar-refractivity contribution is 7.89. The van der Waals surface area contributed by atoms with Crippen LogP contribution >= 0.6 is 0 Å². The number of anilines is 1. The summed E-state index contributed by atoms with van der Waals surface area (Å²) in [6.07, 6.45) is 3.33. The zero-order valence-electron chi connectivity index (χ0n) is 12.3. The van der Waals surface area contributed by atoms with E-state index in [4.69, 9.17) is 5.26 Å². The van der Waals surface area contributed by atoms with Crippen molar-refractivity contribution in [3.63, 3.8) is 0 Å². The van der Waals surface area contributed by atoms with Gasteiger partial charge in [0.15, 0.2) is 0 Å². The number of aromatic nitrogens is 2. The van der Waals surface area contributed by atoms with E-state index in [2.05, 4.69) is 9.97 Å². The van der Waals surface area contributed by atoms with Crippen molar-refractivity contribution in [1.82, 2.24) is 14.3 Å². The minimum Gasteiger partial charge on any atom is -0.338 e. The number of hydrogen-bond acceptors (Lipinski definition) is 6. The molecule has 1 aromatic heterocycles. The zero-order valence-corrected chi connectivity index (χ0v) is 13.1. The largest absolute Gasteiger partial charge is 0.338 e. The van der Waals surface area contributed by atoms with E-state index in [-0.39, 0.29) is 4.90 Å². The number of nitriles is 1. The van der Waals surface area contributed by atoms with Crippen LogP contribution in [0.1, 0.15) is 5.56 Å². The Labute approximate surface area is 134 Å². The van der Waals surface area contributed by atoms with E-state index in [1.165, 1.54) is 16.4 Å². The summed E-state index contributed by atoms with van der Waals surface area (Å²) in [5.41, 5.74) is 0.336. The number of rotatable bonds is 3. The molecule has 23 heavy (non-hydrogen) atoms. The molecule has 7 nitrogen and oxygen atoms in total. The number of piperazine rings is 1. The Morgan fingerprint density at radius 3 is 2.39 bits per heavy atom. The first-order chi connectivity index (χ1) is 11.1. The third-order valence-electron chi connectivity index (χ3n) is 3.67. The Morgan fingerprint density at radius 2 is 1.74 bits per heavy atom. The Kier molecular flexibility index (Phi) is 4.23. The molecule has 0 aliphatic carbocycles. The quantitative estimate of drug-likeness (QED) is 0.829. The van der Waals surface area contributed by atoms with Crippen LogP contribution in [0.3, 0.4) is 0 Å². The van der Waals surface area contributed by atoms with Gasteiger partial charge >= 0.3 is 0 Å². The topological polar surface area (TPSA) is 90.2 Å². The molecule has 2 heterocycles. The average molecular weight is 329 g/mol. The van der Waals surface area contributed by atoms with Crippen molar-refractivity contribution in [2.24, 2.45) is 0 Å². The van der Waals surface area contributed by atoms with Gasteiger partial charge in [-0.25, -0.2) is 18.4 Å². The van der Waals surface area contributed by atoms with E-state index in [9.17, 15) is 8.42 Å². The SMILES string of the molecule is N#Cc1cccc(S(=O)(=O)N2CCN(c3ncccn3)CC2)c1. The summed E-state index contributed by atoms with van der Waals surface area (Å²) in [6.45, 7) is 1.77. The van der Waals surface area contributed by atoms with E-state index in [0.717, 1.165) is 0 Å². The van der Waals surface area contributed by atoms with Gasteiger partial charge in [0.25, 0.3) is 0 Å². The highest BCUT2D eigenvalue weighted by Crippen LogP contribution is 2.19. The van der Waals surface area contributed by atoms with Crippen molar-refractivity contribution in [1.29, 1.82) is 5.26 Å². The first-order valence-electron chi connectivity index (χ1n) is 7.13. The average Bonchev–Trinajstić information content (AvgIpc) is 2.62. The third-order valence-corrected chi connectivity index (χ3v) is 5.57. The van der Waals surface area contributed by atoms with Crippen molar-refractivity contribution in [2.75, 3.05) is 31.1 Å². The maximum atomic E-state index is 12.7. The molecule has 0 unspecified atom stereocenters. The predicted molar refractivity (Wildman–Crippen MR) is 84.2 cm³/mol. The van der Waals surface area contributed by atoms with Crippen LogP contribution in [0.4, 0.5) is 5.95 Å². The lowest BCUT2D eigenvalue weighted by Gasteiger charge is -2.33. The number of sulfonamides is 1. The molecule has 1 aromatic carbocycles. The Balaban J connectivity index is 1.75. The molecule has 3 rings (SSSR count). The molecule has 1 aliphatic rings. The summed E-state index contributed by atoms with van der Waals surface area (Å²) in [6, 6.07) is 9.80. The lowest BCUT2D eigenvalue weighted by atomic mass is 10.2. The van der Waals surface area contributed by atoms with Gasteiger partial charge in [0.2, 0.25) is 16.0 Å². The predicted octanol–water partition coefficient (Wildman–Crippen LogP) is 0.859. The third kappa shape index (κ3) is 3.16. The monoisotopic (exact) mass is 329 g/mol. The molecule has 1 saturated heterocycles. The fraction of sp³-hybridized carbons (Fsp3) is 0.267. The molecular formula is C15H15N5O2S. The second-order valence-electron chi connectivity index (χ2n) is 5.08. The zero-order chi connectivity index (χ0) is 16.3. The summed E-state index contributed by atoms with van der Waals surface area (Å²) in [5.74, 6) is 0.607. The number of hydrogen-bond donors (Lipinski definition) is 0. The van der Waals surface area contributed by atoms with Gasteiger partial charge < -0.3 is 4.90 Å². The minimum atomic E-state index is -3.59. The Morgan fingerprint density at radius 1 is 1.04 bits per heavy atom. The van der Waals surface area contributed by atoms with E-state index in [0.29, 0.717) is 37.7 Å². The molecular weight excluding hydrogens is 314 g/mol. The first-order valence-corrected chi connectivity index (χ1v) is 8.57. The summed E-state index contributed by atoms with van der Waals surface area (Å²) >= 11 is 0. The molecule has 0 N–H and O–H groups in total. The molecule has 0 atom stereocenters. The van der Waals surface area contributed by atoms with Crippen molar-refractivity contribution in [2.45, 2.75) is 4.90 Å². The summed E-state index contributed by atoms with van der Waals surface area (Å²) in [5, 5.41) is 8.92. The second-order valence-corrected chi connectivity index (χ2v) is 7.02. The molecule has 0 spiro atoms. The molecule has 118 valence electrons. The van der Waals surface area contributed by atoms with Gasteiger partial charge in [-0.3, -0.25) is 0 Å². The maximum absolute atomic E-state index is 12.7. The first kappa shape index (κ1) is 15.4. The molecule has 2 aromatic rings. The lowest BCUT2D eigenvalue weighted by molar-refractivity contribution is 0.382. The van der Waals surface area contributed by atoms with Crippen LogP contribution in [0.2, 0.25) is 0 Å². The van der Waals surface area contributed by atoms with Crippen LogP contribution in [0, 0.1) is 11.3 Å². The standard InChI is InChI=1S/C15H15N5O2S/c16-12-13-3-1-4-14(11-13)23(21,22)20-9-7-19(8-10-20)15-17-5-2-6-18-15/h1-6,11H,7-10H2. The lowest BCUT2D eigenvalue weighted by Crippen LogP contribution is -2.49. The van der Waals surface area contributed by atoms with Crippen LogP contribution in [0.25, 0.3) is 0 Å². The normalized spacial score (nSPS) is 16.0. The number of benzene rings is 1. The molecule has 8 heteroatoms. The van der Waals surface area contributed by atoms with E-state index >= 15 is 0 Å². The van der Waals surface area contributed by atoms with Crippen LogP contribution in [-0.4, -0.2) is 48.9 Å². The smallest absolute Gasteiger partial charge is 0.243 e.